The van der Waals surface area contributed by atoms with E-state index in [1.165, 1.54) is 0 Å². The van der Waals surface area contributed by atoms with Crippen molar-refractivity contribution in [1.82, 2.24) is 9.97 Å². The van der Waals surface area contributed by atoms with Gasteiger partial charge in [0.05, 0.1) is 11.3 Å². The first-order valence-corrected chi connectivity index (χ1v) is 7.19. The molecular weight excluding hydrogens is 264 g/mol. The molecule has 0 amide bonds. The fraction of sp³-hybridized carbons (Fsp3) is 0.235. The number of carbonyl (C=O) groups excluding carboxylic acids is 1. The topological polar surface area (TPSA) is 56.0 Å². The zero-order valence-electron chi connectivity index (χ0n) is 11.5. The van der Waals surface area contributed by atoms with Gasteiger partial charge in [0, 0.05) is 18.0 Å². The van der Waals surface area contributed by atoms with Gasteiger partial charge in [-0.3, -0.25) is 4.79 Å². The molecule has 0 spiro atoms. The smallest absolute Gasteiger partial charge is 0.195 e. The standard InChI is InChI=1S/C17H14N2O2/c20-14-7-3-2-6-13-12(14)10-18-17(19-13)16-9-11-5-1-4-8-15(11)21-16/h1,4-5,8-10H,2-3,6-7H2. The second-order valence-corrected chi connectivity index (χ2v) is 5.33. The van der Waals surface area contributed by atoms with Crippen molar-refractivity contribution in [3.05, 3.63) is 47.8 Å². The Morgan fingerprint density at radius 2 is 1.95 bits per heavy atom. The van der Waals surface area contributed by atoms with E-state index in [1.54, 1.807) is 6.20 Å². The van der Waals surface area contributed by atoms with Crippen molar-refractivity contribution in [3.63, 3.8) is 0 Å². The highest BCUT2D eigenvalue weighted by molar-refractivity contribution is 5.97. The van der Waals surface area contributed by atoms with E-state index in [0.29, 0.717) is 23.6 Å². The number of hydrogen-bond donors (Lipinski definition) is 0. The molecule has 2 aromatic heterocycles. The van der Waals surface area contributed by atoms with Crippen LogP contribution in [0.2, 0.25) is 0 Å². The molecule has 0 radical (unpaired) electrons. The van der Waals surface area contributed by atoms with Crippen molar-refractivity contribution in [3.8, 4) is 11.6 Å². The fourth-order valence-electron chi connectivity index (χ4n) is 2.76. The maximum absolute atomic E-state index is 12.0. The quantitative estimate of drug-likeness (QED) is 0.635. The molecule has 0 bridgehead atoms. The molecule has 0 saturated heterocycles. The summed E-state index contributed by atoms with van der Waals surface area (Å²) in [5.41, 5.74) is 2.34. The van der Waals surface area contributed by atoms with Crippen molar-refractivity contribution < 1.29 is 9.21 Å². The number of benzene rings is 1. The predicted molar refractivity (Wildman–Crippen MR) is 79.1 cm³/mol. The van der Waals surface area contributed by atoms with Gasteiger partial charge in [-0.05, 0) is 31.4 Å². The minimum atomic E-state index is 0.152. The minimum absolute atomic E-state index is 0.152. The van der Waals surface area contributed by atoms with Gasteiger partial charge in [-0.25, -0.2) is 9.97 Å². The summed E-state index contributed by atoms with van der Waals surface area (Å²) in [4.78, 5) is 20.9. The second kappa shape index (κ2) is 4.81. The van der Waals surface area contributed by atoms with Crippen LogP contribution in [0, 0.1) is 0 Å². The van der Waals surface area contributed by atoms with Crippen LogP contribution >= 0.6 is 0 Å². The molecule has 104 valence electrons. The summed E-state index contributed by atoms with van der Waals surface area (Å²) in [5, 5.41) is 1.03. The highest BCUT2D eigenvalue weighted by atomic mass is 16.3. The number of aromatic nitrogens is 2. The minimum Gasteiger partial charge on any atom is -0.453 e. The Morgan fingerprint density at radius 3 is 2.86 bits per heavy atom. The summed E-state index contributed by atoms with van der Waals surface area (Å²) in [6.45, 7) is 0. The first-order valence-electron chi connectivity index (χ1n) is 7.19. The zero-order chi connectivity index (χ0) is 14.2. The SMILES string of the molecule is O=C1CCCCc2nc(-c3cc4ccccc4o3)ncc21. The van der Waals surface area contributed by atoms with E-state index < -0.39 is 0 Å². The van der Waals surface area contributed by atoms with E-state index in [4.69, 9.17) is 4.42 Å². The molecule has 1 aromatic carbocycles. The van der Waals surface area contributed by atoms with E-state index in [-0.39, 0.29) is 5.78 Å². The maximum Gasteiger partial charge on any atom is 0.195 e. The molecule has 0 aliphatic heterocycles. The number of hydrogen-bond acceptors (Lipinski definition) is 4. The zero-order valence-corrected chi connectivity index (χ0v) is 11.5. The molecule has 3 aromatic rings. The Labute approximate surface area is 121 Å². The van der Waals surface area contributed by atoms with E-state index in [0.717, 1.165) is 35.9 Å². The van der Waals surface area contributed by atoms with E-state index in [2.05, 4.69) is 9.97 Å². The lowest BCUT2D eigenvalue weighted by atomic mass is 10.1. The summed E-state index contributed by atoms with van der Waals surface area (Å²) in [6.07, 6.45) is 5.00. The molecule has 0 saturated carbocycles. The Balaban J connectivity index is 1.82. The largest absolute Gasteiger partial charge is 0.453 e. The van der Waals surface area contributed by atoms with Crippen molar-refractivity contribution in [2.45, 2.75) is 25.7 Å². The highest BCUT2D eigenvalue weighted by Gasteiger charge is 2.19. The third-order valence-electron chi connectivity index (χ3n) is 3.88. The van der Waals surface area contributed by atoms with Crippen molar-refractivity contribution in [2.75, 3.05) is 0 Å². The van der Waals surface area contributed by atoms with Gasteiger partial charge >= 0.3 is 0 Å². The van der Waals surface area contributed by atoms with Crippen LogP contribution in [0.1, 0.15) is 35.3 Å². The number of ketones is 1. The van der Waals surface area contributed by atoms with Crippen LogP contribution in [0.5, 0.6) is 0 Å². The van der Waals surface area contributed by atoms with Crippen LogP contribution in [-0.4, -0.2) is 15.8 Å². The fourth-order valence-corrected chi connectivity index (χ4v) is 2.76. The van der Waals surface area contributed by atoms with Crippen LogP contribution in [0.15, 0.2) is 40.9 Å². The molecular formula is C17H14N2O2. The van der Waals surface area contributed by atoms with Gasteiger partial charge < -0.3 is 4.42 Å². The number of Topliss-reactive ketones (excluding diaryl/α,β-unsaturated/α-hetero) is 1. The molecule has 4 heteroatoms. The van der Waals surface area contributed by atoms with E-state index >= 15 is 0 Å². The van der Waals surface area contributed by atoms with Crippen LogP contribution in [0.3, 0.4) is 0 Å². The number of furan rings is 1. The molecule has 4 nitrogen and oxygen atoms in total. The van der Waals surface area contributed by atoms with Gasteiger partial charge in [-0.15, -0.1) is 0 Å². The van der Waals surface area contributed by atoms with Gasteiger partial charge in [0.2, 0.25) is 0 Å². The molecule has 21 heavy (non-hydrogen) atoms. The van der Waals surface area contributed by atoms with Crippen LogP contribution in [-0.2, 0) is 6.42 Å². The molecule has 0 fully saturated rings. The average Bonchev–Trinajstić information content (AvgIpc) is 2.86. The van der Waals surface area contributed by atoms with Gasteiger partial charge in [-0.2, -0.15) is 0 Å². The van der Waals surface area contributed by atoms with Crippen LogP contribution in [0.25, 0.3) is 22.6 Å². The molecule has 0 atom stereocenters. The second-order valence-electron chi connectivity index (χ2n) is 5.33. The van der Waals surface area contributed by atoms with E-state index in [1.807, 2.05) is 30.3 Å². The van der Waals surface area contributed by atoms with Gasteiger partial charge in [0.1, 0.15) is 5.58 Å². The predicted octanol–water partition coefficient (Wildman–Crippen LogP) is 3.80. The number of nitrogens with zero attached hydrogens (tertiary/aromatic N) is 2. The monoisotopic (exact) mass is 278 g/mol. The highest BCUT2D eigenvalue weighted by Crippen LogP contribution is 2.27. The lowest BCUT2D eigenvalue weighted by molar-refractivity contribution is 0.0981. The third-order valence-corrected chi connectivity index (χ3v) is 3.88. The Kier molecular flexibility index (Phi) is 2.81. The molecule has 0 N–H and O–H groups in total. The Morgan fingerprint density at radius 1 is 1.10 bits per heavy atom. The number of carbonyl (C=O) groups is 1. The van der Waals surface area contributed by atoms with Gasteiger partial charge in [0.15, 0.2) is 17.4 Å². The van der Waals surface area contributed by atoms with E-state index in [9.17, 15) is 4.79 Å². The summed E-state index contributed by atoms with van der Waals surface area (Å²) < 4.78 is 5.79. The molecule has 4 rings (SSSR count). The van der Waals surface area contributed by atoms with Crippen molar-refractivity contribution in [1.29, 1.82) is 0 Å². The Bertz CT molecular complexity index is 803. The average molecular weight is 278 g/mol. The molecule has 2 heterocycles. The number of fused-ring (bicyclic) bond motifs is 2. The molecule has 1 aliphatic rings. The van der Waals surface area contributed by atoms with Crippen LogP contribution < -0.4 is 0 Å². The molecule has 1 aliphatic carbocycles. The number of rotatable bonds is 1. The number of aryl methyl sites for hydroxylation is 1. The summed E-state index contributed by atoms with van der Waals surface area (Å²) in [7, 11) is 0. The van der Waals surface area contributed by atoms with Crippen molar-refractivity contribution >= 4 is 16.8 Å². The van der Waals surface area contributed by atoms with Crippen LogP contribution in [0.4, 0.5) is 0 Å². The third kappa shape index (κ3) is 2.13. The lowest BCUT2D eigenvalue weighted by Gasteiger charge is -2.04. The normalized spacial score (nSPS) is 15.0. The first-order chi connectivity index (χ1) is 10.3. The van der Waals surface area contributed by atoms with Crippen molar-refractivity contribution in [2.24, 2.45) is 0 Å². The maximum atomic E-state index is 12.0. The lowest BCUT2D eigenvalue weighted by Crippen LogP contribution is -2.04. The first kappa shape index (κ1) is 12.3. The summed E-state index contributed by atoms with van der Waals surface area (Å²) in [5.74, 6) is 1.36. The van der Waals surface area contributed by atoms with Gasteiger partial charge in [0.25, 0.3) is 0 Å². The Hall–Kier alpha value is -2.49. The summed E-state index contributed by atoms with van der Waals surface area (Å²) in [6, 6.07) is 9.76. The number of para-hydroxylation sites is 1. The van der Waals surface area contributed by atoms with Gasteiger partial charge in [-0.1, -0.05) is 18.2 Å². The summed E-state index contributed by atoms with van der Waals surface area (Å²) >= 11 is 0. The molecule has 0 unspecified atom stereocenters.